The van der Waals surface area contributed by atoms with E-state index in [9.17, 15) is 0 Å². The summed E-state index contributed by atoms with van der Waals surface area (Å²) in [6.45, 7) is 2.60. The Hall–Kier alpha value is -1.41. The van der Waals surface area contributed by atoms with Crippen LogP contribution < -0.4 is 5.73 Å². The third-order valence-electron chi connectivity index (χ3n) is 2.99. The van der Waals surface area contributed by atoms with Crippen molar-refractivity contribution in [2.24, 2.45) is 11.7 Å². The largest absolute Gasteiger partial charge is 0.328 e. The quantitative estimate of drug-likeness (QED) is 0.741. The highest BCUT2D eigenvalue weighted by atomic mass is 15.4. The Morgan fingerprint density at radius 3 is 2.93 bits per heavy atom. The van der Waals surface area contributed by atoms with Gasteiger partial charge in [-0.2, -0.15) is 5.26 Å². The van der Waals surface area contributed by atoms with E-state index in [1.54, 1.807) is 11.0 Å². The zero-order valence-electron chi connectivity index (χ0n) is 8.14. The Morgan fingerprint density at radius 1 is 1.79 bits per heavy atom. The standard InChI is InChI=1S/C9H13N5/c1-9(5-11,7-2-3-7)14-6-12-8(4-10)13-14/h6-7H,2-3,5,11H2,1H3. The van der Waals surface area contributed by atoms with E-state index in [-0.39, 0.29) is 11.4 Å². The van der Waals surface area contributed by atoms with Crippen LogP contribution in [0.15, 0.2) is 6.33 Å². The molecule has 1 fully saturated rings. The smallest absolute Gasteiger partial charge is 0.252 e. The molecule has 1 aromatic heterocycles. The molecule has 0 spiro atoms. The Balaban J connectivity index is 2.31. The van der Waals surface area contributed by atoms with Crippen molar-refractivity contribution >= 4 is 0 Å². The zero-order chi connectivity index (χ0) is 10.2. The van der Waals surface area contributed by atoms with E-state index >= 15 is 0 Å². The fraction of sp³-hybridized carbons (Fsp3) is 0.667. The number of rotatable bonds is 3. The summed E-state index contributed by atoms with van der Waals surface area (Å²) in [6.07, 6.45) is 3.98. The van der Waals surface area contributed by atoms with Gasteiger partial charge in [0.15, 0.2) is 0 Å². The molecule has 1 aromatic rings. The Labute approximate surface area is 82.5 Å². The van der Waals surface area contributed by atoms with Crippen LogP contribution >= 0.6 is 0 Å². The van der Waals surface area contributed by atoms with Gasteiger partial charge in [-0.15, -0.1) is 5.10 Å². The topological polar surface area (TPSA) is 80.5 Å². The lowest BCUT2D eigenvalue weighted by atomic mass is 9.96. The van der Waals surface area contributed by atoms with Crippen molar-refractivity contribution in [2.75, 3.05) is 6.54 Å². The van der Waals surface area contributed by atoms with E-state index in [0.717, 1.165) is 0 Å². The molecule has 2 rings (SSSR count). The van der Waals surface area contributed by atoms with E-state index in [0.29, 0.717) is 12.5 Å². The van der Waals surface area contributed by atoms with Gasteiger partial charge >= 0.3 is 0 Å². The van der Waals surface area contributed by atoms with E-state index in [2.05, 4.69) is 17.0 Å². The number of nitrogens with zero attached hydrogens (tertiary/aromatic N) is 4. The summed E-state index contributed by atoms with van der Waals surface area (Å²) in [5, 5.41) is 12.7. The summed E-state index contributed by atoms with van der Waals surface area (Å²) in [6, 6.07) is 1.92. The SMILES string of the molecule is CC(CN)(C1CC1)n1cnc(C#N)n1. The Kier molecular flexibility index (Phi) is 2.01. The molecule has 0 aromatic carbocycles. The van der Waals surface area contributed by atoms with Crippen LogP contribution in [0.4, 0.5) is 0 Å². The Bertz CT molecular complexity index is 373. The van der Waals surface area contributed by atoms with Crippen molar-refractivity contribution in [2.45, 2.75) is 25.3 Å². The first-order valence-electron chi connectivity index (χ1n) is 4.73. The predicted octanol–water partition coefficient (Wildman–Crippen LogP) is 0.234. The van der Waals surface area contributed by atoms with Crippen molar-refractivity contribution in [3.63, 3.8) is 0 Å². The zero-order valence-corrected chi connectivity index (χ0v) is 8.14. The van der Waals surface area contributed by atoms with Gasteiger partial charge in [0.2, 0.25) is 0 Å². The highest BCUT2D eigenvalue weighted by Gasteiger charge is 2.42. The molecule has 5 heteroatoms. The lowest BCUT2D eigenvalue weighted by Gasteiger charge is -2.27. The van der Waals surface area contributed by atoms with Gasteiger partial charge < -0.3 is 5.73 Å². The molecule has 1 heterocycles. The molecule has 74 valence electrons. The highest BCUT2D eigenvalue weighted by molar-refractivity contribution is 5.07. The van der Waals surface area contributed by atoms with Gasteiger partial charge in [0.1, 0.15) is 12.4 Å². The Morgan fingerprint density at radius 2 is 2.50 bits per heavy atom. The number of nitrogens with two attached hydrogens (primary N) is 1. The summed E-state index contributed by atoms with van der Waals surface area (Å²) >= 11 is 0. The van der Waals surface area contributed by atoms with E-state index in [4.69, 9.17) is 11.0 Å². The van der Waals surface area contributed by atoms with Crippen LogP contribution in [0.1, 0.15) is 25.6 Å². The van der Waals surface area contributed by atoms with Gasteiger partial charge in [-0.25, -0.2) is 9.67 Å². The van der Waals surface area contributed by atoms with Crippen molar-refractivity contribution in [1.82, 2.24) is 14.8 Å². The molecule has 14 heavy (non-hydrogen) atoms. The summed E-state index contributed by atoms with van der Waals surface area (Å²) in [5.41, 5.74) is 5.59. The van der Waals surface area contributed by atoms with Crippen LogP contribution in [-0.2, 0) is 5.54 Å². The second kappa shape index (κ2) is 3.07. The number of hydrogen-bond donors (Lipinski definition) is 1. The number of aromatic nitrogens is 3. The van der Waals surface area contributed by atoms with Crippen molar-refractivity contribution in [3.05, 3.63) is 12.2 Å². The van der Waals surface area contributed by atoms with Gasteiger partial charge in [0.05, 0.1) is 5.54 Å². The molecule has 0 bridgehead atoms. The molecule has 1 unspecified atom stereocenters. The first kappa shape index (κ1) is 9.16. The third-order valence-corrected chi connectivity index (χ3v) is 2.99. The maximum Gasteiger partial charge on any atom is 0.252 e. The third kappa shape index (κ3) is 1.28. The molecule has 0 amide bonds. The minimum Gasteiger partial charge on any atom is -0.328 e. The highest BCUT2D eigenvalue weighted by Crippen LogP contribution is 2.43. The second-order valence-corrected chi connectivity index (χ2v) is 3.96. The predicted molar refractivity (Wildman–Crippen MR) is 50.2 cm³/mol. The van der Waals surface area contributed by atoms with Crippen LogP contribution in [0.25, 0.3) is 0 Å². The molecular weight excluding hydrogens is 178 g/mol. The lowest BCUT2D eigenvalue weighted by Crippen LogP contribution is -2.40. The van der Waals surface area contributed by atoms with Gasteiger partial charge in [-0.05, 0) is 25.7 Å². The van der Waals surface area contributed by atoms with Gasteiger partial charge in [-0.3, -0.25) is 0 Å². The van der Waals surface area contributed by atoms with Gasteiger partial charge in [0.25, 0.3) is 5.82 Å². The lowest BCUT2D eigenvalue weighted by molar-refractivity contribution is 0.252. The summed E-state index contributed by atoms with van der Waals surface area (Å²) < 4.78 is 1.74. The molecule has 0 saturated heterocycles. The number of hydrogen-bond acceptors (Lipinski definition) is 4. The minimum atomic E-state index is -0.165. The molecule has 0 aliphatic heterocycles. The molecule has 1 saturated carbocycles. The maximum absolute atomic E-state index is 8.62. The maximum atomic E-state index is 8.62. The first-order valence-corrected chi connectivity index (χ1v) is 4.73. The molecular formula is C9H13N5. The average Bonchev–Trinajstić information content (AvgIpc) is 2.95. The van der Waals surface area contributed by atoms with Crippen molar-refractivity contribution in [1.29, 1.82) is 5.26 Å². The molecule has 1 atom stereocenters. The minimum absolute atomic E-state index is 0.165. The van der Waals surface area contributed by atoms with Crippen LogP contribution in [0.3, 0.4) is 0 Å². The average molecular weight is 191 g/mol. The monoisotopic (exact) mass is 191 g/mol. The normalized spacial score (nSPS) is 20.1. The fourth-order valence-electron chi connectivity index (χ4n) is 1.71. The van der Waals surface area contributed by atoms with E-state index in [1.807, 2.05) is 6.07 Å². The van der Waals surface area contributed by atoms with Crippen LogP contribution in [-0.4, -0.2) is 21.3 Å². The first-order chi connectivity index (χ1) is 6.70. The fourth-order valence-corrected chi connectivity index (χ4v) is 1.71. The summed E-state index contributed by atoms with van der Waals surface area (Å²) in [5.74, 6) is 0.797. The van der Waals surface area contributed by atoms with Crippen LogP contribution in [0.5, 0.6) is 0 Å². The van der Waals surface area contributed by atoms with E-state index < -0.39 is 0 Å². The van der Waals surface area contributed by atoms with E-state index in [1.165, 1.54) is 12.8 Å². The van der Waals surface area contributed by atoms with Crippen LogP contribution in [0.2, 0.25) is 0 Å². The molecule has 2 N–H and O–H groups in total. The summed E-state index contributed by atoms with van der Waals surface area (Å²) in [7, 11) is 0. The van der Waals surface area contributed by atoms with Crippen molar-refractivity contribution in [3.8, 4) is 6.07 Å². The summed E-state index contributed by atoms with van der Waals surface area (Å²) in [4.78, 5) is 3.89. The van der Waals surface area contributed by atoms with Gasteiger partial charge in [-0.1, -0.05) is 0 Å². The van der Waals surface area contributed by atoms with Crippen molar-refractivity contribution < 1.29 is 0 Å². The molecule has 1 aliphatic carbocycles. The molecule has 0 radical (unpaired) electrons. The van der Waals surface area contributed by atoms with Gasteiger partial charge in [0, 0.05) is 6.54 Å². The second-order valence-electron chi connectivity index (χ2n) is 3.96. The van der Waals surface area contributed by atoms with Crippen LogP contribution in [0, 0.1) is 17.2 Å². The number of nitriles is 1. The molecule has 1 aliphatic rings. The molecule has 5 nitrogen and oxygen atoms in total.